The number of benzene rings is 1. The Morgan fingerprint density at radius 3 is 2.63 bits per heavy atom. The van der Waals surface area contributed by atoms with Crippen molar-refractivity contribution in [3.05, 3.63) is 24.3 Å². The standard InChI is InChI=1S/C12H16N2O4S/c1-13-19(17,18)11-5-3-2-4-10(11)14-7-9(8-14)6-12(15)16/h2-5,9,13H,6-8H2,1H3,(H,15,16). The average Bonchev–Trinajstić information content (AvgIpc) is 2.33. The van der Waals surface area contributed by atoms with Crippen molar-refractivity contribution in [3.8, 4) is 0 Å². The number of carboxylic acid groups (broad SMARTS) is 1. The lowest BCUT2D eigenvalue weighted by Crippen LogP contribution is -2.48. The number of rotatable bonds is 5. The summed E-state index contributed by atoms with van der Waals surface area (Å²) >= 11 is 0. The van der Waals surface area contributed by atoms with Crippen molar-refractivity contribution in [2.45, 2.75) is 11.3 Å². The molecule has 0 aromatic heterocycles. The molecule has 1 aromatic rings. The lowest BCUT2D eigenvalue weighted by atomic mass is 9.96. The smallest absolute Gasteiger partial charge is 0.303 e. The van der Waals surface area contributed by atoms with Crippen molar-refractivity contribution in [2.75, 3.05) is 25.0 Å². The minimum atomic E-state index is -3.50. The molecule has 2 rings (SSSR count). The lowest BCUT2D eigenvalue weighted by molar-refractivity contribution is -0.138. The van der Waals surface area contributed by atoms with Gasteiger partial charge < -0.3 is 10.0 Å². The third-order valence-electron chi connectivity index (χ3n) is 3.18. The summed E-state index contributed by atoms with van der Waals surface area (Å²) in [4.78, 5) is 12.7. The van der Waals surface area contributed by atoms with Crippen LogP contribution in [0.5, 0.6) is 0 Å². The first-order chi connectivity index (χ1) is 8.94. The Kier molecular flexibility index (Phi) is 3.77. The van der Waals surface area contributed by atoms with E-state index in [4.69, 9.17) is 5.11 Å². The Morgan fingerprint density at radius 1 is 1.42 bits per heavy atom. The van der Waals surface area contributed by atoms with Gasteiger partial charge in [0.05, 0.1) is 12.1 Å². The average molecular weight is 284 g/mol. The Labute approximate surface area is 112 Å². The number of anilines is 1. The largest absolute Gasteiger partial charge is 0.481 e. The molecule has 104 valence electrons. The van der Waals surface area contributed by atoms with Crippen LogP contribution in [-0.4, -0.2) is 39.6 Å². The molecule has 1 aliphatic heterocycles. The van der Waals surface area contributed by atoms with Gasteiger partial charge in [0.25, 0.3) is 0 Å². The summed E-state index contributed by atoms with van der Waals surface area (Å²) in [6.07, 6.45) is 0.122. The first-order valence-electron chi connectivity index (χ1n) is 5.93. The molecule has 0 bridgehead atoms. The zero-order valence-electron chi connectivity index (χ0n) is 10.5. The minimum Gasteiger partial charge on any atom is -0.481 e. The van der Waals surface area contributed by atoms with E-state index >= 15 is 0 Å². The first kappa shape index (κ1) is 13.8. The quantitative estimate of drug-likeness (QED) is 0.822. The molecule has 0 radical (unpaired) electrons. The summed E-state index contributed by atoms with van der Waals surface area (Å²) < 4.78 is 26.1. The Balaban J connectivity index is 2.17. The highest BCUT2D eigenvalue weighted by molar-refractivity contribution is 7.89. The van der Waals surface area contributed by atoms with Crippen LogP contribution >= 0.6 is 0 Å². The first-order valence-corrected chi connectivity index (χ1v) is 7.41. The fourth-order valence-corrected chi connectivity index (χ4v) is 3.15. The molecule has 0 spiro atoms. The van der Waals surface area contributed by atoms with Crippen molar-refractivity contribution in [2.24, 2.45) is 5.92 Å². The van der Waals surface area contributed by atoms with Crippen LogP contribution in [0.2, 0.25) is 0 Å². The van der Waals surface area contributed by atoms with Crippen LogP contribution in [0.1, 0.15) is 6.42 Å². The van der Waals surface area contributed by atoms with Gasteiger partial charge in [0, 0.05) is 19.0 Å². The van der Waals surface area contributed by atoms with E-state index in [-0.39, 0.29) is 17.2 Å². The Morgan fingerprint density at radius 2 is 2.05 bits per heavy atom. The van der Waals surface area contributed by atoms with E-state index in [2.05, 4.69) is 4.72 Å². The van der Waals surface area contributed by atoms with Gasteiger partial charge in [0.15, 0.2) is 0 Å². The molecule has 1 fully saturated rings. The number of nitrogens with zero attached hydrogens (tertiary/aromatic N) is 1. The second-order valence-electron chi connectivity index (χ2n) is 4.54. The van der Waals surface area contributed by atoms with Crippen LogP contribution in [0.4, 0.5) is 5.69 Å². The predicted octanol–water partition coefficient (Wildman–Crippen LogP) is 0.506. The van der Waals surface area contributed by atoms with Gasteiger partial charge in [0.2, 0.25) is 10.0 Å². The number of sulfonamides is 1. The van der Waals surface area contributed by atoms with E-state index < -0.39 is 16.0 Å². The van der Waals surface area contributed by atoms with Crippen LogP contribution in [0.3, 0.4) is 0 Å². The highest BCUT2D eigenvalue weighted by Crippen LogP contribution is 2.31. The molecule has 2 N–H and O–H groups in total. The van der Waals surface area contributed by atoms with Crippen LogP contribution in [0.25, 0.3) is 0 Å². The van der Waals surface area contributed by atoms with Crippen molar-refractivity contribution in [1.29, 1.82) is 0 Å². The van der Waals surface area contributed by atoms with Gasteiger partial charge in [-0.05, 0) is 19.2 Å². The molecule has 19 heavy (non-hydrogen) atoms. The molecule has 0 unspecified atom stereocenters. The van der Waals surface area contributed by atoms with E-state index in [1.165, 1.54) is 7.05 Å². The molecule has 0 aliphatic carbocycles. The van der Waals surface area contributed by atoms with Crippen LogP contribution in [0, 0.1) is 5.92 Å². The Bertz CT molecular complexity index is 579. The maximum Gasteiger partial charge on any atom is 0.303 e. The molecule has 7 heteroatoms. The van der Waals surface area contributed by atoms with E-state index in [9.17, 15) is 13.2 Å². The third kappa shape index (κ3) is 2.87. The zero-order valence-corrected chi connectivity index (χ0v) is 11.4. The normalized spacial score (nSPS) is 16.2. The van der Waals surface area contributed by atoms with Gasteiger partial charge in [-0.3, -0.25) is 4.79 Å². The van der Waals surface area contributed by atoms with Crippen LogP contribution in [-0.2, 0) is 14.8 Å². The second-order valence-corrected chi connectivity index (χ2v) is 6.40. The number of hydrogen-bond donors (Lipinski definition) is 2. The fourth-order valence-electron chi connectivity index (χ4n) is 2.20. The summed E-state index contributed by atoms with van der Waals surface area (Å²) in [6.45, 7) is 1.14. The monoisotopic (exact) mass is 284 g/mol. The molecule has 0 amide bonds. The number of carboxylic acids is 1. The molecule has 0 saturated carbocycles. The molecular weight excluding hydrogens is 268 g/mol. The molecule has 6 nitrogen and oxygen atoms in total. The maximum atomic E-state index is 11.9. The van der Waals surface area contributed by atoms with E-state index in [0.717, 1.165) is 0 Å². The van der Waals surface area contributed by atoms with E-state index in [1.807, 2.05) is 4.90 Å². The van der Waals surface area contributed by atoms with Gasteiger partial charge in [-0.2, -0.15) is 0 Å². The molecular formula is C12H16N2O4S. The van der Waals surface area contributed by atoms with Crippen molar-refractivity contribution in [3.63, 3.8) is 0 Å². The van der Waals surface area contributed by atoms with E-state index in [1.54, 1.807) is 24.3 Å². The van der Waals surface area contributed by atoms with Crippen LogP contribution < -0.4 is 9.62 Å². The third-order valence-corrected chi connectivity index (χ3v) is 4.65. The summed E-state index contributed by atoms with van der Waals surface area (Å²) in [5.41, 5.74) is 0.624. The topological polar surface area (TPSA) is 86.7 Å². The second kappa shape index (κ2) is 5.18. The number of hydrogen-bond acceptors (Lipinski definition) is 4. The highest BCUT2D eigenvalue weighted by Gasteiger charge is 2.31. The van der Waals surface area contributed by atoms with Gasteiger partial charge in [-0.1, -0.05) is 12.1 Å². The SMILES string of the molecule is CNS(=O)(=O)c1ccccc1N1CC(CC(=O)O)C1. The van der Waals surface area contributed by atoms with Crippen LogP contribution in [0.15, 0.2) is 29.2 Å². The number of para-hydroxylation sites is 1. The van der Waals surface area contributed by atoms with Crippen molar-refractivity contribution in [1.82, 2.24) is 4.72 Å². The molecule has 1 saturated heterocycles. The predicted molar refractivity (Wildman–Crippen MR) is 70.6 cm³/mol. The molecule has 1 aliphatic rings. The van der Waals surface area contributed by atoms with Gasteiger partial charge in [-0.25, -0.2) is 13.1 Å². The summed E-state index contributed by atoms with van der Waals surface area (Å²) in [6, 6.07) is 6.73. The summed E-state index contributed by atoms with van der Waals surface area (Å²) in [5, 5.41) is 8.70. The van der Waals surface area contributed by atoms with Gasteiger partial charge >= 0.3 is 5.97 Å². The molecule has 0 atom stereocenters. The number of aliphatic carboxylic acids is 1. The van der Waals surface area contributed by atoms with Gasteiger partial charge in [-0.15, -0.1) is 0 Å². The Hall–Kier alpha value is -1.60. The van der Waals surface area contributed by atoms with E-state index in [0.29, 0.717) is 18.8 Å². The number of nitrogens with one attached hydrogen (secondary N) is 1. The minimum absolute atomic E-state index is 0.0860. The molecule has 1 aromatic carbocycles. The van der Waals surface area contributed by atoms with Crippen molar-refractivity contribution < 1.29 is 18.3 Å². The maximum absolute atomic E-state index is 11.9. The lowest BCUT2D eigenvalue weighted by Gasteiger charge is -2.41. The summed E-state index contributed by atoms with van der Waals surface area (Å²) in [5.74, 6) is -0.733. The highest BCUT2D eigenvalue weighted by atomic mass is 32.2. The van der Waals surface area contributed by atoms with Gasteiger partial charge in [0.1, 0.15) is 4.90 Å². The summed E-state index contributed by atoms with van der Waals surface area (Å²) in [7, 11) is -2.13. The fraction of sp³-hybridized carbons (Fsp3) is 0.417. The van der Waals surface area contributed by atoms with Crippen molar-refractivity contribution >= 4 is 21.7 Å². The zero-order chi connectivity index (χ0) is 14.0. The molecule has 1 heterocycles. The number of carbonyl (C=O) groups is 1.